The molecule has 1 aromatic carbocycles. The zero-order chi connectivity index (χ0) is 11.5. The molecular weight excluding hydrogens is 198 g/mol. The van der Waals surface area contributed by atoms with Crippen molar-refractivity contribution in [3.63, 3.8) is 0 Å². The van der Waals surface area contributed by atoms with Crippen LogP contribution < -0.4 is 0 Å². The first-order valence-corrected chi connectivity index (χ1v) is 5.36. The Morgan fingerprint density at radius 3 is 2.62 bits per heavy atom. The third-order valence-electron chi connectivity index (χ3n) is 2.89. The molecule has 82 valence electrons. The molecule has 1 aliphatic heterocycles. The standard InChI is InChI=1S/C14H15NO/c1-11-10-13(15(2)14(11)16)9-8-12-6-4-3-5-7-12/h3-9,13H,1,10H2,2H3/b9-8+. The summed E-state index contributed by atoms with van der Waals surface area (Å²) < 4.78 is 0. The molecule has 1 saturated heterocycles. The van der Waals surface area contributed by atoms with Crippen molar-refractivity contribution in [3.8, 4) is 0 Å². The van der Waals surface area contributed by atoms with E-state index in [2.05, 4.69) is 12.7 Å². The first kappa shape index (κ1) is 10.7. The minimum absolute atomic E-state index is 0.0581. The summed E-state index contributed by atoms with van der Waals surface area (Å²) in [7, 11) is 1.82. The lowest BCUT2D eigenvalue weighted by molar-refractivity contribution is -0.124. The molecule has 0 spiro atoms. The first-order chi connectivity index (χ1) is 7.68. The third kappa shape index (κ3) is 2.06. The Bertz CT molecular complexity index is 433. The zero-order valence-electron chi connectivity index (χ0n) is 9.39. The van der Waals surface area contributed by atoms with Crippen molar-refractivity contribution in [3.05, 3.63) is 54.1 Å². The number of hydrogen-bond donors (Lipinski definition) is 0. The van der Waals surface area contributed by atoms with Crippen LogP contribution in [0.5, 0.6) is 0 Å². The van der Waals surface area contributed by atoms with Crippen molar-refractivity contribution in [1.29, 1.82) is 0 Å². The van der Waals surface area contributed by atoms with Crippen LogP contribution in [0.3, 0.4) is 0 Å². The van der Waals surface area contributed by atoms with Crippen LogP contribution in [-0.4, -0.2) is 23.9 Å². The Balaban J connectivity index is 2.09. The molecule has 2 rings (SSSR count). The SMILES string of the molecule is C=C1CC(/C=C/c2ccccc2)N(C)C1=O. The van der Waals surface area contributed by atoms with E-state index in [0.29, 0.717) is 5.57 Å². The van der Waals surface area contributed by atoms with E-state index in [1.54, 1.807) is 4.90 Å². The van der Waals surface area contributed by atoms with Crippen molar-refractivity contribution in [1.82, 2.24) is 4.90 Å². The maximum Gasteiger partial charge on any atom is 0.249 e. The van der Waals surface area contributed by atoms with Gasteiger partial charge >= 0.3 is 0 Å². The van der Waals surface area contributed by atoms with Crippen LogP contribution in [-0.2, 0) is 4.79 Å². The van der Waals surface area contributed by atoms with Gasteiger partial charge in [-0.05, 0) is 5.56 Å². The number of amides is 1. The molecule has 1 fully saturated rings. The molecule has 2 heteroatoms. The van der Waals surface area contributed by atoms with Gasteiger partial charge in [0, 0.05) is 19.0 Å². The lowest BCUT2D eigenvalue weighted by Gasteiger charge is -2.14. The molecule has 0 saturated carbocycles. The molecule has 1 heterocycles. The van der Waals surface area contributed by atoms with Crippen molar-refractivity contribution < 1.29 is 4.79 Å². The van der Waals surface area contributed by atoms with Gasteiger partial charge < -0.3 is 4.90 Å². The predicted octanol–water partition coefficient (Wildman–Crippen LogP) is 2.49. The maximum atomic E-state index is 11.5. The zero-order valence-corrected chi connectivity index (χ0v) is 9.39. The predicted molar refractivity (Wildman–Crippen MR) is 65.8 cm³/mol. The summed E-state index contributed by atoms with van der Waals surface area (Å²) >= 11 is 0. The molecule has 0 N–H and O–H groups in total. The van der Waals surface area contributed by atoms with E-state index in [0.717, 1.165) is 12.0 Å². The Morgan fingerprint density at radius 2 is 2.06 bits per heavy atom. The smallest absolute Gasteiger partial charge is 0.249 e. The monoisotopic (exact) mass is 213 g/mol. The molecule has 1 amide bonds. The summed E-state index contributed by atoms with van der Waals surface area (Å²) in [6.07, 6.45) is 4.84. The lowest BCUT2D eigenvalue weighted by Crippen LogP contribution is -2.26. The molecule has 1 atom stereocenters. The number of carbonyl (C=O) groups excluding carboxylic acids is 1. The average Bonchev–Trinajstić information content (AvgIpc) is 2.56. The number of rotatable bonds is 2. The van der Waals surface area contributed by atoms with E-state index in [-0.39, 0.29) is 11.9 Å². The number of likely N-dealkylation sites (tertiary alicyclic amines) is 1. The first-order valence-electron chi connectivity index (χ1n) is 5.36. The molecular formula is C14H15NO. The Kier molecular flexibility index (Phi) is 2.91. The molecule has 1 unspecified atom stereocenters. The van der Waals surface area contributed by atoms with E-state index in [1.165, 1.54) is 0 Å². The van der Waals surface area contributed by atoms with Crippen LogP contribution >= 0.6 is 0 Å². The molecule has 2 nitrogen and oxygen atoms in total. The Hall–Kier alpha value is -1.83. The molecule has 1 aromatic rings. The molecule has 1 aliphatic rings. The summed E-state index contributed by atoms with van der Waals surface area (Å²) in [5.41, 5.74) is 1.85. The van der Waals surface area contributed by atoms with Gasteiger partial charge in [0.25, 0.3) is 0 Å². The van der Waals surface area contributed by atoms with Crippen molar-refractivity contribution in [2.75, 3.05) is 7.05 Å². The van der Waals surface area contributed by atoms with Gasteiger partial charge in [0.1, 0.15) is 0 Å². The Morgan fingerprint density at radius 1 is 1.38 bits per heavy atom. The molecule has 0 radical (unpaired) electrons. The second-order valence-corrected chi connectivity index (χ2v) is 4.06. The largest absolute Gasteiger partial charge is 0.335 e. The summed E-state index contributed by atoms with van der Waals surface area (Å²) in [4.78, 5) is 13.3. The average molecular weight is 213 g/mol. The van der Waals surface area contributed by atoms with Crippen LogP contribution in [0, 0.1) is 0 Å². The minimum atomic E-state index is 0.0581. The van der Waals surface area contributed by atoms with Gasteiger partial charge in [0.2, 0.25) is 5.91 Å². The van der Waals surface area contributed by atoms with Crippen LogP contribution in [0.1, 0.15) is 12.0 Å². The van der Waals surface area contributed by atoms with Crippen LogP contribution in [0.15, 0.2) is 48.6 Å². The highest BCUT2D eigenvalue weighted by molar-refractivity contribution is 5.95. The summed E-state index contributed by atoms with van der Waals surface area (Å²) in [5.74, 6) is 0.0581. The van der Waals surface area contributed by atoms with E-state index < -0.39 is 0 Å². The normalized spacial score (nSPS) is 21.1. The van der Waals surface area contributed by atoms with Gasteiger partial charge in [-0.3, -0.25) is 4.79 Å². The number of carbonyl (C=O) groups is 1. The van der Waals surface area contributed by atoms with Crippen molar-refractivity contribution in [2.24, 2.45) is 0 Å². The lowest BCUT2D eigenvalue weighted by atomic mass is 10.1. The van der Waals surface area contributed by atoms with E-state index in [1.807, 2.05) is 43.5 Å². The fourth-order valence-electron chi connectivity index (χ4n) is 1.86. The van der Waals surface area contributed by atoms with Gasteiger partial charge in [-0.25, -0.2) is 0 Å². The van der Waals surface area contributed by atoms with Gasteiger partial charge in [-0.15, -0.1) is 0 Å². The quantitative estimate of drug-likeness (QED) is 0.691. The highest BCUT2D eigenvalue weighted by atomic mass is 16.2. The summed E-state index contributed by atoms with van der Waals surface area (Å²) in [6, 6.07) is 10.2. The topological polar surface area (TPSA) is 20.3 Å². The molecule has 16 heavy (non-hydrogen) atoms. The van der Waals surface area contributed by atoms with Crippen LogP contribution in [0.2, 0.25) is 0 Å². The van der Waals surface area contributed by atoms with Crippen molar-refractivity contribution >= 4 is 12.0 Å². The second-order valence-electron chi connectivity index (χ2n) is 4.06. The maximum absolute atomic E-state index is 11.5. The second kappa shape index (κ2) is 4.35. The Labute approximate surface area is 95.9 Å². The van der Waals surface area contributed by atoms with Crippen molar-refractivity contribution in [2.45, 2.75) is 12.5 Å². The van der Waals surface area contributed by atoms with Crippen LogP contribution in [0.25, 0.3) is 6.08 Å². The molecule has 0 aromatic heterocycles. The fraction of sp³-hybridized carbons (Fsp3) is 0.214. The highest BCUT2D eigenvalue weighted by Crippen LogP contribution is 2.22. The van der Waals surface area contributed by atoms with Gasteiger partial charge in [0.05, 0.1) is 6.04 Å². The number of benzene rings is 1. The molecule has 0 bridgehead atoms. The highest BCUT2D eigenvalue weighted by Gasteiger charge is 2.28. The fourth-order valence-corrected chi connectivity index (χ4v) is 1.86. The number of nitrogens with zero attached hydrogens (tertiary/aromatic N) is 1. The summed E-state index contributed by atoms with van der Waals surface area (Å²) in [6.45, 7) is 3.77. The van der Waals surface area contributed by atoms with Gasteiger partial charge in [0.15, 0.2) is 0 Å². The van der Waals surface area contributed by atoms with Gasteiger partial charge in [-0.2, -0.15) is 0 Å². The van der Waals surface area contributed by atoms with E-state index >= 15 is 0 Å². The molecule has 0 aliphatic carbocycles. The number of hydrogen-bond acceptors (Lipinski definition) is 1. The van der Waals surface area contributed by atoms with E-state index in [9.17, 15) is 4.79 Å². The third-order valence-corrected chi connectivity index (χ3v) is 2.89. The van der Waals surface area contributed by atoms with Gasteiger partial charge in [-0.1, -0.05) is 49.1 Å². The summed E-state index contributed by atoms with van der Waals surface area (Å²) in [5, 5.41) is 0. The van der Waals surface area contributed by atoms with Crippen LogP contribution in [0.4, 0.5) is 0 Å². The minimum Gasteiger partial charge on any atom is -0.335 e. The number of likely N-dealkylation sites (N-methyl/N-ethyl adjacent to an activating group) is 1. The van der Waals surface area contributed by atoms with E-state index in [4.69, 9.17) is 0 Å².